The quantitative estimate of drug-likeness (QED) is 0.729. The van der Waals surface area contributed by atoms with Gasteiger partial charge in [0, 0.05) is 19.4 Å². The van der Waals surface area contributed by atoms with Crippen molar-refractivity contribution in [1.29, 1.82) is 0 Å². The third-order valence-electron chi connectivity index (χ3n) is 3.34. The molecule has 4 nitrogen and oxygen atoms in total. The number of carbonyl (C=O) groups is 2. The zero-order valence-electron chi connectivity index (χ0n) is 12.0. The van der Waals surface area contributed by atoms with Crippen LogP contribution in [0.25, 0.3) is 0 Å². The second kappa shape index (κ2) is 9.13. The van der Waals surface area contributed by atoms with Crippen LogP contribution < -0.4 is 5.32 Å². The molecule has 0 radical (unpaired) electrons. The van der Waals surface area contributed by atoms with Crippen LogP contribution in [0.1, 0.15) is 38.2 Å². The van der Waals surface area contributed by atoms with Gasteiger partial charge in [-0.3, -0.25) is 9.59 Å². The van der Waals surface area contributed by atoms with Crippen molar-refractivity contribution >= 4 is 11.9 Å². The molecule has 1 unspecified atom stereocenters. The Bertz CT molecular complexity index is 417. The summed E-state index contributed by atoms with van der Waals surface area (Å²) < 4.78 is 0. The normalized spacial score (nSPS) is 11.8. The van der Waals surface area contributed by atoms with Crippen LogP contribution in [-0.4, -0.2) is 23.5 Å². The highest BCUT2D eigenvalue weighted by atomic mass is 16.4. The number of rotatable bonds is 9. The lowest BCUT2D eigenvalue weighted by atomic mass is 10.0. The van der Waals surface area contributed by atoms with Gasteiger partial charge in [0.15, 0.2) is 0 Å². The molecule has 0 saturated carbocycles. The van der Waals surface area contributed by atoms with E-state index < -0.39 is 5.97 Å². The topological polar surface area (TPSA) is 66.4 Å². The zero-order valence-corrected chi connectivity index (χ0v) is 12.0. The third kappa shape index (κ3) is 6.92. The van der Waals surface area contributed by atoms with Crippen LogP contribution in [0.4, 0.5) is 0 Å². The summed E-state index contributed by atoms with van der Waals surface area (Å²) in [4.78, 5) is 22.3. The average molecular weight is 277 g/mol. The van der Waals surface area contributed by atoms with Gasteiger partial charge in [-0.2, -0.15) is 0 Å². The van der Waals surface area contributed by atoms with Gasteiger partial charge in [-0.05, 0) is 24.3 Å². The van der Waals surface area contributed by atoms with E-state index in [1.165, 1.54) is 5.56 Å². The lowest BCUT2D eigenvalue weighted by molar-refractivity contribution is -0.138. The Labute approximate surface area is 120 Å². The maximum atomic E-state index is 11.7. The van der Waals surface area contributed by atoms with Crippen molar-refractivity contribution in [3.8, 4) is 0 Å². The van der Waals surface area contributed by atoms with Gasteiger partial charge < -0.3 is 10.4 Å². The summed E-state index contributed by atoms with van der Waals surface area (Å²) in [6.07, 6.45) is 3.06. The summed E-state index contributed by atoms with van der Waals surface area (Å²) in [7, 11) is 0. The average Bonchev–Trinajstić information content (AvgIpc) is 2.44. The van der Waals surface area contributed by atoms with E-state index in [0.717, 1.165) is 19.3 Å². The van der Waals surface area contributed by atoms with Crippen molar-refractivity contribution in [3.63, 3.8) is 0 Å². The van der Waals surface area contributed by atoms with Crippen molar-refractivity contribution in [3.05, 3.63) is 35.9 Å². The summed E-state index contributed by atoms with van der Waals surface area (Å²) in [6, 6.07) is 10.1. The molecule has 1 rings (SSSR count). The standard InChI is InChI=1S/C16H23NO3/c1-2-13(11-16(19)20)12-17-15(18)10-6-9-14-7-4-3-5-8-14/h3-5,7-8,13H,2,6,9-12H2,1H3,(H,17,18)(H,19,20). The fraction of sp³-hybridized carbons (Fsp3) is 0.500. The summed E-state index contributed by atoms with van der Waals surface area (Å²) in [6.45, 7) is 2.39. The molecule has 0 aromatic heterocycles. The summed E-state index contributed by atoms with van der Waals surface area (Å²) in [5.41, 5.74) is 1.23. The van der Waals surface area contributed by atoms with Crippen molar-refractivity contribution < 1.29 is 14.7 Å². The van der Waals surface area contributed by atoms with Crippen molar-refractivity contribution in [2.24, 2.45) is 5.92 Å². The zero-order chi connectivity index (χ0) is 14.8. The van der Waals surface area contributed by atoms with Gasteiger partial charge in [-0.15, -0.1) is 0 Å². The summed E-state index contributed by atoms with van der Waals surface area (Å²) in [5, 5.41) is 11.6. The van der Waals surface area contributed by atoms with E-state index in [1.807, 2.05) is 25.1 Å². The molecular formula is C16H23NO3. The first-order valence-electron chi connectivity index (χ1n) is 7.14. The number of aliphatic carboxylic acids is 1. The van der Waals surface area contributed by atoms with Crippen LogP contribution in [0.5, 0.6) is 0 Å². The Morgan fingerprint density at radius 3 is 2.55 bits per heavy atom. The molecule has 1 amide bonds. The second-order valence-electron chi connectivity index (χ2n) is 5.02. The maximum Gasteiger partial charge on any atom is 0.303 e. The predicted molar refractivity (Wildman–Crippen MR) is 78.4 cm³/mol. The maximum absolute atomic E-state index is 11.7. The molecule has 110 valence electrons. The highest BCUT2D eigenvalue weighted by Crippen LogP contribution is 2.07. The summed E-state index contributed by atoms with van der Waals surface area (Å²) >= 11 is 0. The van der Waals surface area contributed by atoms with Crippen molar-refractivity contribution in [2.45, 2.75) is 39.0 Å². The molecule has 20 heavy (non-hydrogen) atoms. The molecule has 0 fully saturated rings. The molecule has 4 heteroatoms. The minimum atomic E-state index is -0.810. The Kier molecular flexibility index (Phi) is 7.40. The number of amides is 1. The summed E-state index contributed by atoms with van der Waals surface area (Å²) in [5.74, 6) is -0.787. The fourth-order valence-corrected chi connectivity index (χ4v) is 2.05. The number of aryl methyl sites for hydroxylation is 1. The largest absolute Gasteiger partial charge is 0.481 e. The molecule has 0 aliphatic rings. The second-order valence-corrected chi connectivity index (χ2v) is 5.02. The van der Waals surface area contributed by atoms with Gasteiger partial charge in [-0.1, -0.05) is 43.7 Å². The molecule has 0 spiro atoms. The molecule has 1 aromatic rings. The molecular weight excluding hydrogens is 254 g/mol. The molecule has 0 heterocycles. The fourth-order valence-electron chi connectivity index (χ4n) is 2.05. The van der Waals surface area contributed by atoms with E-state index in [4.69, 9.17) is 5.11 Å². The first-order valence-corrected chi connectivity index (χ1v) is 7.14. The number of benzene rings is 1. The molecule has 0 aliphatic carbocycles. The van der Waals surface area contributed by atoms with Gasteiger partial charge in [0.2, 0.25) is 5.91 Å². The Hall–Kier alpha value is -1.84. The van der Waals surface area contributed by atoms with Gasteiger partial charge >= 0.3 is 5.97 Å². The van der Waals surface area contributed by atoms with Gasteiger partial charge in [0.25, 0.3) is 0 Å². The molecule has 0 bridgehead atoms. The van der Waals surface area contributed by atoms with E-state index in [1.54, 1.807) is 0 Å². The van der Waals surface area contributed by atoms with Gasteiger partial charge in [-0.25, -0.2) is 0 Å². The van der Waals surface area contributed by atoms with E-state index in [-0.39, 0.29) is 18.2 Å². The van der Waals surface area contributed by atoms with Gasteiger partial charge in [0.1, 0.15) is 0 Å². The van der Waals surface area contributed by atoms with E-state index in [9.17, 15) is 9.59 Å². The number of hydrogen-bond acceptors (Lipinski definition) is 2. The van der Waals surface area contributed by atoms with Crippen LogP contribution in [0.15, 0.2) is 30.3 Å². The van der Waals surface area contributed by atoms with Crippen LogP contribution >= 0.6 is 0 Å². The van der Waals surface area contributed by atoms with Crippen molar-refractivity contribution in [1.82, 2.24) is 5.32 Å². The molecule has 0 aliphatic heterocycles. The van der Waals surface area contributed by atoms with Crippen LogP contribution in [0, 0.1) is 5.92 Å². The molecule has 1 atom stereocenters. The lowest BCUT2D eigenvalue weighted by Crippen LogP contribution is -2.30. The number of nitrogens with one attached hydrogen (secondary N) is 1. The van der Waals surface area contributed by atoms with Crippen molar-refractivity contribution in [2.75, 3.05) is 6.54 Å². The molecule has 1 aromatic carbocycles. The Balaban J connectivity index is 2.18. The number of carbonyl (C=O) groups excluding carboxylic acids is 1. The first kappa shape index (κ1) is 16.2. The number of carboxylic acids is 1. The van der Waals surface area contributed by atoms with Crippen LogP contribution in [-0.2, 0) is 16.0 Å². The van der Waals surface area contributed by atoms with E-state index in [2.05, 4.69) is 17.4 Å². The minimum Gasteiger partial charge on any atom is -0.481 e. The van der Waals surface area contributed by atoms with Gasteiger partial charge in [0.05, 0.1) is 0 Å². The molecule has 0 saturated heterocycles. The number of carboxylic acid groups (broad SMARTS) is 1. The Morgan fingerprint density at radius 1 is 1.25 bits per heavy atom. The van der Waals surface area contributed by atoms with Crippen LogP contribution in [0.3, 0.4) is 0 Å². The Morgan fingerprint density at radius 2 is 1.95 bits per heavy atom. The highest BCUT2D eigenvalue weighted by Gasteiger charge is 2.12. The highest BCUT2D eigenvalue weighted by molar-refractivity contribution is 5.76. The van der Waals surface area contributed by atoms with E-state index in [0.29, 0.717) is 13.0 Å². The lowest BCUT2D eigenvalue weighted by Gasteiger charge is -2.13. The van der Waals surface area contributed by atoms with E-state index >= 15 is 0 Å². The molecule has 2 N–H and O–H groups in total. The number of hydrogen-bond donors (Lipinski definition) is 2. The first-order chi connectivity index (χ1) is 9.61. The minimum absolute atomic E-state index is 0.00442. The third-order valence-corrected chi connectivity index (χ3v) is 3.34. The smallest absolute Gasteiger partial charge is 0.303 e. The SMILES string of the molecule is CCC(CNC(=O)CCCc1ccccc1)CC(=O)O. The predicted octanol–water partition coefficient (Wildman–Crippen LogP) is 2.63. The monoisotopic (exact) mass is 277 g/mol. The van der Waals surface area contributed by atoms with Crippen LogP contribution in [0.2, 0.25) is 0 Å².